The highest BCUT2D eigenvalue weighted by Crippen LogP contribution is 2.31. The van der Waals surface area contributed by atoms with Crippen molar-refractivity contribution in [3.63, 3.8) is 0 Å². The second-order valence-corrected chi connectivity index (χ2v) is 5.83. The molecule has 1 aromatic carbocycles. The van der Waals surface area contributed by atoms with Crippen molar-refractivity contribution in [3.8, 4) is 5.75 Å². The molecular weight excluding hydrogens is 268 g/mol. The van der Waals surface area contributed by atoms with E-state index in [4.69, 9.17) is 15.2 Å². The van der Waals surface area contributed by atoms with E-state index in [-0.39, 0.29) is 12.1 Å². The molecule has 21 heavy (non-hydrogen) atoms. The van der Waals surface area contributed by atoms with Gasteiger partial charge in [0.2, 0.25) is 0 Å². The second kappa shape index (κ2) is 6.03. The number of hydrogen-bond acceptors (Lipinski definition) is 5. The SMILES string of the molecule is COc1ccccc1C(N)C(=O)OC1CN2CCC1CC2. The number of hydrogen-bond donors (Lipinski definition) is 1. The van der Waals surface area contributed by atoms with E-state index in [0.717, 1.165) is 32.5 Å². The Hall–Kier alpha value is -1.59. The summed E-state index contributed by atoms with van der Waals surface area (Å²) in [5.74, 6) is 0.748. The molecule has 0 spiro atoms. The molecule has 3 aliphatic rings. The fraction of sp³-hybridized carbons (Fsp3) is 0.562. The molecule has 5 nitrogen and oxygen atoms in total. The number of methoxy groups -OCH3 is 1. The number of rotatable bonds is 4. The molecule has 2 unspecified atom stereocenters. The van der Waals surface area contributed by atoms with Crippen molar-refractivity contribution >= 4 is 5.97 Å². The maximum atomic E-state index is 12.3. The lowest BCUT2D eigenvalue weighted by Gasteiger charge is -2.44. The Morgan fingerprint density at radius 1 is 1.33 bits per heavy atom. The number of carbonyl (C=O) groups is 1. The maximum Gasteiger partial charge on any atom is 0.328 e. The fourth-order valence-corrected chi connectivity index (χ4v) is 3.32. The van der Waals surface area contributed by atoms with Gasteiger partial charge < -0.3 is 15.2 Å². The predicted molar refractivity (Wildman–Crippen MR) is 79.0 cm³/mol. The topological polar surface area (TPSA) is 64.8 Å². The number of carbonyl (C=O) groups excluding carboxylic acids is 1. The Morgan fingerprint density at radius 2 is 2.05 bits per heavy atom. The molecule has 2 bridgehead atoms. The molecule has 114 valence electrons. The van der Waals surface area contributed by atoms with Gasteiger partial charge in [0.15, 0.2) is 0 Å². The quantitative estimate of drug-likeness (QED) is 0.848. The zero-order valence-electron chi connectivity index (χ0n) is 12.3. The van der Waals surface area contributed by atoms with E-state index in [1.54, 1.807) is 19.2 Å². The van der Waals surface area contributed by atoms with Gasteiger partial charge in [-0.1, -0.05) is 18.2 Å². The summed E-state index contributed by atoms with van der Waals surface area (Å²) in [4.78, 5) is 14.7. The van der Waals surface area contributed by atoms with Gasteiger partial charge in [-0.15, -0.1) is 0 Å². The zero-order valence-corrected chi connectivity index (χ0v) is 12.3. The molecule has 2 N–H and O–H groups in total. The number of fused-ring (bicyclic) bond motifs is 3. The van der Waals surface area contributed by atoms with Gasteiger partial charge in [0.25, 0.3) is 0 Å². The van der Waals surface area contributed by atoms with Gasteiger partial charge in [0, 0.05) is 12.1 Å². The van der Waals surface area contributed by atoms with Crippen molar-refractivity contribution in [1.29, 1.82) is 0 Å². The molecule has 3 fully saturated rings. The van der Waals surface area contributed by atoms with E-state index in [0.29, 0.717) is 17.2 Å². The average molecular weight is 290 g/mol. The first-order valence-electron chi connectivity index (χ1n) is 7.50. The van der Waals surface area contributed by atoms with E-state index in [1.807, 2.05) is 12.1 Å². The molecule has 4 rings (SSSR count). The maximum absolute atomic E-state index is 12.3. The van der Waals surface area contributed by atoms with Crippen LogP contribution < -0.4 is 10.5 Å². The Kier molecular flexibility index (Phi) is 4.12. The monoisotopic (exact) mass is 290 g/mol. The van der Waals surface area contributed by atoms with Gasteiger partial charge in [-0.2, -0.15) is 0 Å². The summed E-state index contributed by atoms with van der Waals surface area (Å²) >= 11 is 0. The van der Waals surface area contributed by atoms with Gasteiger partial charge in [-0.05, 0) is 37.9 Å². The second-order valence-electron chi connectivity index (χ2n) is 5.83. The van der Waals surface area contributed by atoms with Gasteiger partial charge in [0.1, 0.15) is 17.9 Å². The summed E-state index contributed by atoms with van der Waals surface area (Å²) in [5, 5.41) is 0. The van der Waals surface area contributed by atoms with Crippen molar-refractivity contribution < 1.29 is 14.3 Å². The Bertz CT molecular complexity index is 512. The van der Waals surface area contributed by atoms with Crippen molar-refractivity contribution in [2.45, 2.75) is 25.0 Å². The van der Waals surface area contributed by atoms with Gasteiger partial charge in [-0.25, -0.2) is 4.79 Å². The molecule has 0 radical (unpaired) electrons. The highest BCUT2D eigenvalue weighted by atomic mass is 16.5. The number of para-hydroxylation sites is 1. The first-order valence-corrected chi connectivity index (χ1v) is 7.50. The molecule has 0 amide bonds. The minimum Gasteiger partial charge on any atom is -0.496 e. The van der Waals surface area contributed by atoms with Crippen molar-refractivity contribution in [1.82, 2.24) is 4.90 Å². The van der Waals surface area contributed by atoms with Crippen LogP contribution >= 0.6 is 0 Å². The average Bonchev–Trinajstić information content (AvgIpc) is 2.55. The van der Waals surface area contributed by atoms with Crippen molar-refractivity contribution in [3.05, 3.63) is 29.8 Å². The molecule has 0 aromatic heterocycles. The van der Waals surface area contributed by atoms with E-state index >= 15 is 0 Å². The van der Waals surface area contributed by atoms with Crippen LogP contribution in [0, 0.1) is 5.92 Å². The molecular formula is C16H22N2O3. The number of benzene rings is 1. The number of nitrogens with zero attached hydrogens (tertiary/aromatic N) is 1. The Morgan fingerprint density at radius 3 is 2.67 bits per heavy atom. The molecule has 3 aliphatic heterocycles. The molecule has 5 heteroatoms. The molecule has 0 aliphatic carbocycles. The van der Waals surface area contributed by atoms with E-state index < -0.39 is 6.04 Å². The first-order chi connectivity index (χ1) is 10.2. The normalized spacial score (nSPS) is 29.0. The third-order valence-electron chi connectivity index (χ3n) is 4.59. The lowest BCUT2D eigenvalue weighted by Crippen LogP contribution is -2.52. The van der Waals surface area contributed by atoms with E-state index in [9.17, 15) is 4.79 Å². The summed E-state index contributed by atoms with van der Waals surface area (Å²) < 4.78 is 10.9. The number of esters is 1. The van der Waals surface area contributed by atoms with Gasteiger partial charge in [0.05, 0.1) is 7.11 Å². The van der Waals surface area contributed by atoms with Crippen LogP contribution in [0.3, 0.4) is 0 Å². The summed E-state index contributed by atoms with van der Waals surface area (Å²) in [6.45, 7) is 3.09. The summed E-state index contributed by atoms with van der Waals surface area (Å²) in [5.41, 5.74) is 6.73. The summed E-state index contributed by atoms with van der Waals surface area (Å²) in [6, 6.07) is 6.52. The Labute approximate surface area is 125 Å². The van der Waals surface area contributed by atoms with Crippen molar-refractivity contribution in [2.24, 2.45) is 11.7 Å². The highest BCUT2D eigenvalue weighted by Gasteiger charge is 2.37. The third-order valence-corrected chi connectivity index (χ3v) is 4.59. The van der Waals surface area contributed by atoms with Crippen LogP contribution in [0.4, 0.5) is 0 Å². The van der Waals surface area contributed by atoms with Gasteiger partial charge in [-0.3, -0.25) is 4.90 Å². The first kappa shape index (κ1) is 14.4. The van der Waals surface area contributed by atoms with E-state index in [2.05, 4.69) is 4.90 Å². The summed E-state index contributed by atoms with van der Waals surface area (Å²) in [6.07, 6.45) is 2.21. The number of ether oxygens (including phenoxy) is 2. The lowest BCUT2D eigenvalue weighted by atomic mass is 9.86. The van der Waals surface area contributed by atoms with Crippen LogP contribution in [0.1, 0.15) is 24.4 Å². The van der Waals surface area contributed by atoms with Crippen LogP contribution in [-0.4, -0.2) is 43.7 Å². The lowest BCUT2D eigenvalue weighted by molar-refractivity contribution is -0.160. The predicted octanol–water partition coefficient (Wildman–Crippen LogP) is 1.33. The van der Waals surface area contributed by atoms with Crippen LogP contribution in [0.5, 0.6) is 5.75 Å². The standard InChI is InChI=1S/C16H22N2O3/c1-20-13-5-3-2-4-12(13)15(17)16(19)21-14-10-18-8-6-11(14)7-9-18/h2-5,11,14-15H,6-10,17H2,1H3. The zero-order chi connectivity index (χ0) is 14.8. The van der Waals surface area contributed by atoms with Crippen LogP contribution in [0.2, 0.25) is 0 Å². The van der Waals surface area contributed by atoms with Crippen molar-refractivity contribution in [2.75, 3.05) is 26.7 Å². The third kappa shape index (κ3) is 2.89. The van der Waals surface area contributed by atoms with Crippen LogP contribution in [-0.2, 0) is 9.53 Å². The largest absolute Gasteiger partial charge is 0.496 e. The summed E-state index contributed by atoms with van der Waals surface area (Å²) in [7, 11) is 1.57. The molecule has 1 aromatic rings. The van der Waals surface area contributed by atoms with Crippen LogP contribution in [0.25, 0.3) is 0 Å². The molecule has 3 saturated heterocycles. The smallest absolute Gasteiger partial charge is 0.328 e. The molecule has 2 atom stereocenters. The molecule has 0 saturated carbocycles. The minimum atomic E-state index is -0.795. The fourth-order valence-electron chi connectivity index (χ4n) is 3.32. The highest BCUT2D eigenvalue weighted by molar-refractivity contribution is 5.78. The number of nitrogens with two attached hydrogens (primary N) is 1. The number of piperidine rings is 3. The van der Waals surface area contributed by atoms with E-state index in [1.165, 1.54) is 0 Å². The van der Waals surface area contributed by atoms with Gasteiger partial charge >= 0.3 is 5.97 Å². The van der Waals surface area contributed by atoms with Crippen LogP contribution in [0.15, 0.2) is 24.3 Å². The minimum absolute atomic E-state index is 0.0132. The molecule has 3 heterocycles. The Balaban J connectivity index is 1.67.